The first-order chi connectivity index (χ1) is 16.6. The number of aliphatic carboxylic acids is 1. The number of carboxylic acid groups (broad SMARTS) is 1. The number of esters is 1. The van der Waals surface area contributed by atoms with Crippen LogP contribution in [0.1, 0.15) is 10.4 Å². The Kier molecular flexibility index (Phi) is 15.3. The molecule has 1 atom stereocenters. The number of rotatable bonds is 8. The van der Waals surface area contributed by atoms with E-state index in [4.69, 9.17) is 37.9 Å². The number of nitrogens with one attached hydrogen (secondary N) is 1. The van der Waals surface area contributed by atoms with Gasteiger partial charge < -0.3 is 28.9 Å². The fraction of sp³-hybridized carbons (Fsp3) is 0.300. The molecule has 0 aliphatic carbocycles. The third-order valence-electron chi connectivity index (χ3n) is 3.28. The molecule has 2 aromatic carbocycles. The van der Waals surface area contributed by atoms with Crippen LogP contribution in [0, 0.1) is 10.1 Å². The van der Waals surface area contributed by atoms with Crippen LogP contribution >= 0.6 is 30.8 Å². The van der Waals surface area contributed by atoms with Gasteiger partial charge in [0.05, 0.1) is 48.7 Å². The second kappa shape index (κ2) is 16.4. The first kappa shape index (κ1) is 33.6. The lowest BCUT2D eigenvalue weighted by atomic mass is 10.1. The van der Waals surface area contributed by atoms with Gasteiger partial charge in [0.2, 0.25) is 0 Å². The quantitative estimate of drug-likeness (QED) is 0.135. The van der Waals surface area contributed by atoms with E-state index in [0.717, 1.165) is 13.2 Å². The molecule has 12 nitrogen and oxygen atoms in total. The van der Waals surface area contributed by atoms with E-state index in [0.29, 0.717) is 21.7 Å². The predicted molar refractivity (Wildman–Crippen MR) is 136 cm³/mol. The summed E-state index contributed by atoms with van der Waals surface area (Å²) in [6.45, 7) is -0.479. The van der Waals surface area contributed by atoms with Crippen LogP contribution in [0.2, 0.25) is 10.0 Å². The van der Waals surface area contributed by atoms with Crippen molar-refractivity contribution >= 4 is 59.3 Å². The summed E-state index contributed by atoms with van der Waals surface area (Å²) in [4.78, 5) is 49.6. The average molecular weight is 587 g/mol. The molecule has 200 valence electrons. The first-order valence-corrected chi connectivity index (χ1v) is 14.5. The molecule has 0 amide bonds. The van der Waals surface area contributed by atoms with Crippen LogP contribution in [0.5, 0.6) is 11.5 Å². The standard InChI is InChI=1S/C14H9Cl2NO5.C3H8NO5P.C3H9S/c1-21-14(18)10-7-9(3-4-12(10)17(19)20)22-13-5-2-8(15)6-11(13)16;5-3(6)1-4-2-10(7,8)9;1-4(2)3/h2-7H,1H3;4H,1-2H2,(H,5,6)(H2,7,8,9);1-3H3/q;;+1/p-1. The highest BCUT2D eigenvalue weighted by Crippen LogP contribution is 2.33. The number of carbonyl (C=O) groups is 2. The van der Waals surface area contributed by atoms with E-state index >= 15 is 0 Å². The minimum atomic E-state index is -4.35. The van der Waals surface area contributed by atoms with Gasteiger partial charge in [0.1, 0.15) is 24.7 Å². The SMILES string of the molecule is COC(=O)c1cc(Oc2ccc(Cl)cc2Cl)ccc1[N+](=O)[O-].C[S+](C)C.O=C(O)CNCP(=O)([O-])O. The van der Waals surface area contributed by atoms with Crippen molar-refractivity contribution in [3.05, 3.63) is 62.1 Å². The van der Waals surface area contributed by atoms with Crippen molar-refractivity contribution in [2.24, 2.45) is 0 Å². The maximum Gasteiger partial charge on any atom is 0.345 e. The molecule has 2 aromatic rings. The Labute approximate surface area is 220 Å². The van der Waals surface area contributed by atoms with Crippen LogP contribution in [0.4, 0.5) is 5.69 Å². The molecule has 0 spiro atoms. The van der Waals surface area contributed by atoms with Crippen LogP contribution < -0.4 is 14.9 Å². The molecule has 0 saturated carbocycles. The number of hydrogen-bond acceptors (Lipinski definition) is 9. The molecule has 1 unspecified atom stereocenters. The van der Waals surface area contributed by atoms with E-state index < -0.39 is 37.3 Å². The molecule has 0 fully saturated rings. The Morgan fingerprint density at radius 2 is 1.75 bits per heavy atom. The van der Waals surface area contributed by atoms with Crippen LogP contribution in [-0.2, 0) is 25.0 Å². The van der Waals surface area contributed by atoms with Gasteiger partial charge in [-0.1, -0.05) is 23.2 Å². The van der Waals surface area contributed by atoms with Crippen molar-refractivity contribution in [1.29, 1.82) is 0 Å². The van der Waals surface area contributed by atoms with Gasteiger partial charge in [0.15, 0.2) is 0 Å². The molecule has 0 saturated heterocycles. The number of nitro benzene ring substituents is 1. The number of ether oxygens (including phenoxy) is 2. The summed E-state index contributed by atoms with van der Waals surface area (Å²) in [7, 11) is -2.57. The van der Waals surface area contributed by atoms with Crippen molar-refractivity contribution < 1.29 is 43.4 Å². The molecule has 0 heterocycles. The first-order valence-electron chi connectivity index (χ1n) is 9.51. The highest BCUT2D eigenvalue weighted by molar-refractivity contribution is 7.94. The summed E-state index contributed by atoms with van der Waals surface area (Å²) < 4.78 is 20.0. The Morgan fingerprint density at radius 1 is 1.17 bits per heavy atom. The highest BCUT2D eigenvalue weighted by atomic mass is 35.5. The fourth-order valence-electron chi connectivity index (χ4n) is 2.00. The van der Waals surface area contributed by atoms with Crippen LogP contribution in [-0.4, -0.2) is 65.6 Å². The number of carboxylic acids is 1. The molecule has 3 N–H and O–H groups in total. The summed E-state index contributed by atoms with van der Waals surface area (Å²) >= 11 is 11.8. The molecule has 0 aromatic heterocycles. The van der Waals surface area contributed by atoms with E-state index in [2.05, 4.69) is 23.5 Å². The number of methoxy groups -OCH3 is 1. The Bertz CT molecular complexity index is 1100. The summed E-state index contributed by atoms with van der Waals surface area (Å²) in [6.07, 6.45) is 5.87. The second-order valence-corrected chi connectivity index (χ2v) is 11.8. The van der Waals surface area contributed by atoms with Crippen molar-refractivity contribution in [3.8, 4) is 11.5 Å². The lowest BCUT2D eigenvalue weighted by Gasteiger charge is -2.14. The third kappa shape index (κ3) is 14.9. The largest absolute Gasteiger partial charge is 0.778 e. The highest BCUT2D eigenvalue weighted by Gasteiger charge is 2.22. The number of halogens is 2. The Morgan fingerprint density at radius 3 is 2.19 bits per heavy atom. The Hall–Kier alpha value is -2.38. The molecule has 36 heavy (non-hydrogen) atoms. The van der Waals surface area contributed by atoms with Gasteiger partial charge in [-0.05, 0) is 35.2 Å². The van der Waals surface area contributed by atoms with Gasteiger partial charge >= 0.3 is 11.9 Å². The van der Waals surface area contributed by atoms with Gasteiger partial charge in [-0.15, -0.1) is 0 Å². The van der Waals surface area contributed by atoms with Crippen LogP contribution in [0.3, 0.4) is 0 Å². The van der Waals surface area contributed by atoms with Crippen LogP contribution in [0.15, 0.2) is 36.4 Å². The zero-order valence-electron chi connectivity index (χ0n) is 19.6. The summed E-state index contributed by atoms with van der Waals surface area (Å²) in [6, 6.07) is 8.35. The molecule has 16 heteroatoms. The van der Waals surface area contributed by atoms with E-state index in [9.17, 15) is 29.2 Å². The van der Waals surface area contributed by atoms with E-state index in [1.807, 2.05) is 5.32 Å². The topological polar surface area (TPSA) is 188 Å². The number of hydrogen-bond donors (Lipinski definition) is 3. The van der Waals surface area contributed by atoms with Crippen LogP contribution in [0.25, 0.3) is 0 Å². The Balaban J connectivity index is 0.000000729. The second-order valence-electron chi connectivity index (χ2n) is 6.95. The summed E-state index contributed by atoms with van der Waals surface area (Å²) in [5.41, 5.74) is -0.587. The van der Waals surface area contributed by atoms with E-state index in [1.54, 1.807) is 12.1 Å². The minimum absolute atomic E-state index is 0.204. The average Bonchev–Trinajstić information content (AvgIpc) is 2.74. The lowest BCUT2D eigenvalue weighted by Crippen LogP contribution is -2.25. The van der Waals surface area contributed by atoms with Gasteiger partial charge in [-0.3, -0.25) is 20.2 Å². The molecular weight excluding hydrogens is 562 g/mol. The van der Waals surface area contributed by atoms with Crippen molar-refractivity contribution in [2.75, 3.05) is 38.7 Å². The van der Waals surface area contributed by atoms with Crippen molar-refractivity contribution in [1.82, 2.24) is 5.32 Å². The lowest BCUT2D eigenvalue weighted by molar-refractivity contribution is -0.385. The smallest absolute Gasteiger partial charge is 0.345 e. The normalized spacial score (nSPS) is 11.7. The number of carbonyl (C=O) groups excluding carboxylic acids is 1. The van der Waals surface area contributed by atoms with Crippen molar-refractivity contribution in [3.63, 3.8) is 0 Å². The van der Waals surface area contributed by atoms with E-state index in [1.165, 1.54) is 18.2 Å². The fourth-order valence-corrected chi connectivity index (χ4v) is 2.84. The molecular formula is C20H25Cl2N2O10PS. The third-order valence-corrected chi connectivity index (χ3v) is 4.43. The maximum atomic E-state index is 11.6. The maximum absolute atomic E-state index is 11.6. The number of benzene rings is 2. The summed E-state index contributed by atoms with van der Waals surface area (Å²) in [5.74, 6) is -1.50. The zero-order valence-corrected chi connectivity index (χ0v) is 22.8. The number of nitro groups is 1. The molecule has 2 rings (SSSR count). The van der Waals surface area contributed by atoms with Gasteiger partial charge in [0, 0.05) is 17.2 Å². The monoisotopic (exact) mass is 586 g/mol. The van der Waals surface area contributed by atoms with Gasteiger partial charge in [0.25, 0.3) is 5.69 Å². The molecule has 0 aliphatic rings. The van der Waals surface area contributed by atoms with Gasteiger partial charge in [-0.25, -0.2) is 4.79 Å². The molecule has 0 radical (unpaired) electrons. The molecule has 0 bridgehead atoms. The summed E-state index contributed by atoms with van der Waals surface area (Å²) in [5, 5.41) is 21.6. The minimum Gasteiger partial charge on any atom is -0.778 e. The van der Waals surface area contributed by atoms with E-state index in [-0.39, 0.29) is 22.0 Å². The molecule has 0 aliphatic heterocycles. The van der Waals surface area contributed by atoms with Gasteiger partial charge in [-0.2, -0.15) is 0 Å². The zero-order chi connectivity index (χ0) is 28.1. The number of nitrogens with zero attached hydrogens (tertiary/aromatic N) is 1. The predicted octanol–water partition coefficient (Wildman–Crippen LogP) is 3.14. The van der Waals surface area contributed by atoms with Crippen molar-refractivity contribution in [2.45, 2.75) is 0 Å².